The molecule has 4 rings (SSSR count). The van der Waals surface area contributed by atoms with E-state index < -0.39 is 11.6 Å². The number of rotatable bonds is 6. The largest absolute Gasteiger partial charge is 0.493 e. The molecule has 154 valence electrons. The molecule has 0 atom stereocenters. The van der Waals surface area contributed by atoms with Gasteiger partial charge in [-0.2, -0.15) is 15.4 Å². The lowest BCUT2D eigenvalue weighted by molar-refractivity contribution is 0.315. The number of nitrogens with one attached hydrogen (secondary N) is 1. The summed E-state index contributed by atoms with van der Waals surface area (Å²) in [6, 6.07) is 5.65. The van der Waals surface area contributed by atoms with Crippen molar-refractivity contribution in [2.75, 3.05) is 6.61 Å². The van der Waals surface area contributed by atoms with Crippen molar-refractivity contribution < 1.29 is 13.5 Å². The molecular weight excluding hydrogens is 390 g/mol. The molecule has 9 heteroatoms. The number of imidazole rings is 1. The van der Waals surface area contributed by atoms with Crippen molar-refractivity contribution in [3.8, 4) is 39.7 Å². The summed E-state index contributed by atoms with van der Waals surface area (Å²) in [6.07, 6.45) is 3.90. The minimum Gasteiger partial charge on any atom is -0.493 e. The monoisotopic (exact) mass is 410 g/mol. The molecule has 3 heterocycles. The molecule has 4 aromatic rings. The molecule has 0 radical (unpaired) electrons. The second kappa shape index (κ2) is 8.02. The molecule has 1 aromatic carbocycles. The Hall–Kier alpha value is -3.62. The first-order valence-electron chi connectivity index (χ1n) is 9.47. The van der Waals surface area contributed by atoms with Gasteiger partial charge in [0.25, 0.3) is 0 Å². The van der Waals surface area contributed by atoms with Crippen LogP contribution in [0.3, 0.4) is 0 Å². The standard InChI is InChI=1S/C21H20F2N6O/c1-4-7-30-17-10-14(22)9-15(23)18(17)21-20(25-11-29(21)3)16-8-13(5-6-24-16)19-12(2)26-28-27-19/h5-6,8-11H,4,7H2,1-3H3,(H,26,27,28). The topological polar surface area (TPSA) is 81.5 Å². The smallest absolute Gasteiger partial charge is 0.139 e. The van der Waals surface area contributed by atoms with E-state index in [2.05, 4.69) is 25.4 Å². The zero-order valence-corrected chi connectivity index (χ0v) is 16.8. The fourth-order valence-electron chi connectivity index (χ4n) is 3.28. The second-order valence-corrected chi connectivity index (χ2v) is 6.85. The average Bonchev–Trinajstić information content (AvgIpc) is 3.32. The van der Waals surface area contributed by atoms with Gasteiger partial charge < -0.3 is 9.30 Å². The molecule has 7 nitrogen and oxygen atoms in total. The predicted molar refractivity (Wildman–Crippen MR) is 108 cm³/mol. The maximum atomic E-state index is 14.9. The van der Waals surface area contributed by atoms with Crippen molar-refractivity contribution in [3.05, 3.63) is 54.1 Å². The predicted octanol–water partition coefficient (Wildman–Crippen LogP) is 4.31. The molecule has 0 saturated heterocycles. The maximum absolute atomic E-state index is 14.9. The highest BCUT2D eigenvalue weighted by Crippen LogP contribution is 2.39. The van der Waals surface area contributed by atoms with Crippen LogP contribution in [0, 0.1) is 18.6 Å². The van der Waals surface area contributed by atoms with E-state index in [0.717, 1.165) is 17.3 Å². The number of nitrogens with zero attached hydrogens (tertiary/aromatic N) is 5. The fraction of sp³-hybridized carbons (Fsp3) is 0.238. The van der Waals surface area contributed by atoms with E-state index in [4.69, 9.17) is 4.74 Å². The fourth-order valence-corrected chi connectivity index (χ4v) is 3.28. The van der Waals surface area contributed by atoms with Crippen LogP contribution in [0.1, 0.15) is 19.0 Å². The van der Waals surface area contributed by atoms with Gasteiger partial charge in [0.05, 0.1) is 35.6 Å². The van der Waals surface area contributed by atoms with Crippen LogP contribution >= 0.6 is 0 Å². The first-order chi connectivity index (χ1) is 14.5. The van der Waals surface area contributed by atoms with Gasteiger partial charge in [-0.15, -0.1) is 0 Å². The van der Waals surface area contributed by atoms with Crippen molar-refractivity contribution in [2.45, 2.75) is 20.3 Å². The van der Waals surface area contributed by atoms with Crippen molar-refractivity contribution >= 4 is 0 Å². The van der Waals surface area contributed by atoms with E-state index in [0.29, 0.717) is 35.8 Å². The lowest BCUT2D eigenvalue weighted by Gasteiger charge is -2.14. The minimum atomic E-state index is -0.727. The third-order valence-corrected chi connectivity index (χ3v) is 4.65. The van der Waals surface area contributed by atoms with Crippen LogP contribution < -0.4 is 4.74 Å². The number of pyridine rings is 1. The van der Waals surface area contributed by atoms with Crippen molar-refractivity contribution in [2.24, 2.45) is 7.05 Å². The molecule has 0 aliphatic rings. The number of aromatic nitrogens is 6. The summed E-state index contributed by atoms with van der Waals surface area (Å²) >= 11 is 0. The summed E-state index contributed by atoms with van der Waals surface area (Å²) < 4.78 is 36.1. The van der Waals surface area contributed by atoms with Gasteiger partial charge in [-0.1, -0.05) is 6.92 Å². The van der Waals surface area contributed by atoms with E-state index >= 15 is 0 Å². The number of H-pyrrole nitrogens is 1. The van der Waals surface area contributed by atoms with E-state index in [9.17, 15) is 8.78 Å². The number of aromatic amines is 1. The van der Waals surface area contributed by atoms with Gasteiger partial charge in [-0.3, -0.25) is 4.98 Å². The Labute approximate surface area is 171 Å². The van der Waals surface area contributed by atoms with Gasteiger partial charge in [0.15, 0.2) is 0 Å². The summed E-state index contributed by atoms with van der Waals surface area (Å²) in [5, 5.41) is 10.8. The van der Waals surface area contributed by atoms with E-state index in [-0.39, 0.29) is 11.3 Å². The SMILES string of the molecule is CCCOc1cc(F)cc(F)c1-c1c(-c2cc(-c3n[nH]nc3C)ccn2)ncn1C. The van der Waals surface area contributed by atoms with Crippen LogP contribution in [0.2, 0.25) is 0 Å². The molecular formula is C21H20F2N6O. The second-order valence-electron chi connectivity index (χ2n) is 6.85. The highest BCUT2D eigenvalue weighted by molar-refractivity contribution is 5.82. The maximum Gasteiger partial charge on any atom is 0.139 e. The van der Waals surface area contributed by atoms with Crippen molar-refractivity contribution in [1.29, 1.82) is 0 Å². The van der Waals surface area contributed by atoms with Crippen LogP contribution in [0.25, 0.3) is 33.9 Å². The van der Waals surface area contributed by atoms with Crippen LogP contribution in [0.15, 0.2) is 36.8 Å². The Bertz CT molecular complexity index is 1200. The quantitative estimate of drug-likeness (QED) is 0.512. The Morgan fingerprint density at radius 3 is 2.67 bits per heavy atom. The summed E-state index contributed by atoms with van der Waals surface area (Å²) in [4.78, 5) is 8.85. The molecule has 1 N–H and O–H groups in total. The normalized spacial score (nSPS) is 11.1. The lowest BCUT2D eigenvalue weighted by Crippen LogP contribution is -2.03. The zero-order chi connectivity index (χ0) is 21.3. The van der Waals surface area contributed by atoms with Gasteiger partial charge >= 0.3 is 0 Å². The molecule has 30 heavy (non-hydrogen) atoms. The Morgan fingerprint density at radius 2 is 1.93 bits per heavy atom. The number of hydrogen-bond acceptors (Lipinski definition) is 5. The molecule has 3 aromatic heterocycles. The molecule has 0 fully saturated rings. The molecule has 0 saturated carbocycles. The van der Waals surface area contributed by atoms with Gasteiger partial charge in [0.2, 0.25) is 0 Å². The van der Waals surface area contributed by atoms with E-state index in [1.165, 1.54) is 6.07 Å². The molecule has 0 bridgehead atoms. The van der Waals surface area contributed by atoms with E-state index in [1.54, 1.807) is 24.1 Å². The number of ether oxygens (including phenoxy) is 1. The lowest BCUT2D eigenvalue weighted by atomic mass is 10.0. The molecule has 0 aliphatic carbocycles. The van der Waals surface area contributed by atoms with Gasteiger partial charge in [0, 0.05) is 30.9 Å². The average molecular weight is 410 g/mol. The number of aryl methyl sites for hydroxylation is 2. The molecule has 0 aliphatic heterocycles. The van der Waals surface area contributed by atoms with Gasteiger partial charge in [-0.25, -0.2) is 13.8 Å². The Kier molecular flexibility index (Phi) is 5.26. The highest BCUT2D eigenvalue weighted by Gasteiger charge is 2.23. The summed E-state index contributed by atoms with van der Waals surface area (Å²) in [5.74, 6) is -1.30. The van der Waals surface area contributed by atoms with Crippen molar-refractivity contribution in [3.63, 3.8) is 0 Å². The number of hydrogen-bond donors (Lipinski definition) is 1. The summed E-state index contributed by atoms with van der Waals surface area (Å²) in [5.41, 5.74) is 3.79. The minimum absolute atomic E-state index is 0.128. The summed E-state index contributed by atoms with van der Waals surface area (Å²) in [6.45, 7) is 4.10. The summed E-state index contributed by atoms with van der Waals surface area (Å²) in [7, 11) is 1.74. The van der Waals surface area contributed by atoms with Crippen LogP contribution in [-0.2, 0) is 7.05 Å². The van der Waals surface area contributed by atoms with Gasteiger partial charge in [-0.05, 0) is 25.5 Å². The Morgan fingerprint density at radius 1 is 1.10 bits per heavy atom. The number of benzene rings is 1. The molecule has 0 amide bonds. The highest BCUT2D eigenvalue weighted by atomic mass is 19.1. The molecule has 0 spiro atoms. The van der Waals surface area contributed by atoms with Gasteiger partial charge in [0.1, 0.15) is 28.8 Å². The molecule has 0 unspecified atom stereocenters. The third-order valence-electron chi connectivity index (χ3n) is 4.65. The first kappa shape index (κ1) is 19.7. The first-order valence-corrected chi connectivity index (χ1v) is 9.47. The number of halogens is 2. The van der Waals surface area contributed by atoms with Crippen molar-refractivity contribution in [1.82, 2.24) is 29.9 Å². The Balaban J connectivity index is 1.88. The van der Waals surface area contributed by atoms with Crippen LogP contribution in [0.5, 0.6) is 5.75 Å². The van der Waals surface area contributed by atoms with E-state index in [1.807, 2.05) is 26.0 Å². The zero-order valence-electron chi connectivity index (χ0n) is 16.8. The van der Waals surface area contributed by atoms with Crippen LogP contribution in [0.4, 0.5) is 8.78 Å². The third kappa shape index (κ3) is 3.54. The van der Waals surface area contributed by atoms with Crippen LogP contribution in [-0.4, -0.2) is 36.6 Å².